The molecule has 1 aliphatic heterocycles. The molecular weight excluding hydrogens is 490 g/mol. The van der Waals surface area contributed by atoms with Crippen LogP contribution < -0.4 is 0 Å². The van der Waals surface area contributed by atoms with Crippen LogP contribution in [0.3, 0.4) is 0 Å². The number of hydrogen-bond donors (Lipinski definition) is 2. The number of nitrogens with one attached hydrogen (secondary N) is 2. The molecule has 1 saturated heterocycles. The molecule has 37 heavy (non-hydrogen) atoms. The fourth-order valence-electron chi connectivity index (χ4n) is 5.15. The molecule has 1 fully saturated rings. The van der Waals surface area contributed by atoms with Crippen molar-refractivity contribution in [2.45, 2.75) is 18.9 Å². The molecule has 0 bridgehead atoms. The topological polar surface area (TPSA) is 73.5 Å². The Morgan fingerprint density at radius 2 is 1.95 bits per heavy atom. The van der Waals surface area contributed by atoms with E-state index in [-0.39, 0.29) is 13.0 Å². The lowest BCUT2D eigenvalue weighted by molar-refractivity contribution is 0.0115. The minimum atomic E-state index is -2.60. The third kappa shape index (κ3) is 4.10. The van der Waals surface area contributed by atoms with Gasteiger partial charge in [-0.3, -0.25) is 15.0 Å². The molecular formula is C28H22F2N6S. The zero-order chi connectivity index (χ0) is 25.0. The number of H-pyrrole nitrogens is 2. The number of rotatable bonds is 5. The van der Waals surface area contributed by atoms with E-state index in [4.69, 9.17) is 0 Å². The number of fused-ring (bicyclic) bond motifs is 2. The first-order valence-corrected chi connectivity index (χ1v) is 13.0. The number of halogens is 2. The molecule has 6 heterocycles. The van der Waals surface area contributed by atoms with E-state index in [2.05, 4.69) is 54.1 Å². The molecule has 1 aliphatic rings. The van der Waals surface area contributed by atoms with Gasteiger partial charge in [0.25, 0.3) is 5.92 Å². The molecule has 1 aromatic carbocycles. The average molecular weight is 513 g/mol. The Kier molecular flexibility index (Phi) is 5.16. The highest BCUT2D eigenvalue weighted by Crippen LogP contribution is 2.35. The third-order valence-electron chi connectivity index (χ3n) is 6.97. The number of benzene rings is 1. The van der Waals surface area contributed by atoms with Gasteiger partial charge in [0.05, 0.1) is 17.8 Å². The molecule has 7 rings (SSSR count). The molecule has 9 heteroatoms. The number of aromatic nitrogens is 5. The summed E-state index contributed by atoms with van der Waals surface area (Å²) in [6.07, 6.45) is 5.30. The lowest BCUT2D eigenvalue weighted by Crippen LogP contribution is -2.24. The summed E-state index contributed by atoms with van der Waals surface area (Å²) in [6, 6.07) is 14.4. The van der Waals surface area contributed by atoms with Crippen LogP contribution in [-0.4, -0.2) is 49.1 Å². The number of hydrogen-bond acceptors (Lipinski definition) is 5. The maximum absolute atomic E-state index is 13.6. The van der Waals surface area contributed by atoms with Crippen LogP contribution in [0.15, 0.2) is 71.8 Å². The largest absolute Gasteiger partial charge is 0.338 e. The quantitative estimate of drug-likeness (QED) is 0.268. The first-order chi connectivity index (χ1) is 18.0. The second kappa shape index (κ2) is 8.57. The van der Waals surface area contributed by atoms with E-state index in [1.807, 2.05) is 36.7 Å². The Morgan fingerprint density at radius 1 is 1.00 bits per heavy atom. The van der Waals surface area contributed by atoms with E-state index in [0.717, 1.165) is 55.6 Å². The standard InChI is InChI=1S/C28H22F2N6S/c29-28(30)5-7-36(16-28)14-17-9-20(13-31-12-17)18-1-2-24-23(10-18)26(35-34-24)25-11-22-21(19-4-8-37-15-19)3-6-32-27(22)33-25/h1-4,6,8-13,15H,5,7,14,16H2,(H,32,33)(H,34,35). The maximum atomic E-state index is 13.6. The zero-order valence-corrected chi connectivity index (χ0v) is 20.5. The van der Waals surface area contributed by atoms with Crippen molar-refractivity contribution in [3.8, 4) is 33.6 Å². The van der Waals surface area contributed by atoms with Crippen LogP contribution in [0.25, 0.3) is 55.6 Å². The summed E-state index contributed by atoms with van der Waals surface area (Å²) in [7, 11) is 0. The molecule has 0 radical (unpaired) electrons. The van der Waals surface area contributed by atoms with Gasteiger partial charge < -0.3 is 4.98 Å². The Labute approximate surface area is 215 Å². The van der Waals surface area contributed by atoms with Crippen LogP contribution in [-0.2, 0) is 6.54 Å². The summed E-state index contributed by atoms with van der Waals surface area (Å²) in [6.45, 7) is 0.661. The van der Waals surface area contributed by atoms with Gasteiger partial charge in [0.2, 0.25) is 0 Å². The third-order valence-corrected chi connectivity index (χ3v) is 7.65. The zero-order valence-electron chi connectivity index (χ0n) is 19.7. The summed E-state index contributed by atoms with van der Waals surface area (Å²) in [4.78, 5) is 14.2. The van der Waals surface area contributed by atoms with Crippen LogP contribution in [0.1, 0.15) is 12.0 Å². The van der Waals surface area contributed by atoms with Crippen molar-refractivity contribution < 1.29 is 8.78 Å². The van der Waals surface area contributed by atoms with Crippen molar-refractivity contribution in [3.05, 3.63) is 77.4 Å². The predicted molar refractivity (Wildman–Crippen MR) is 143 cm³/mol. The molecule has 5 aromatic heterocycles. The SMILES string of the molecule is FC1(F)CCN(Cc2cncc(-c3ccc4[nH]nc(-c5cc6c(-c7ccsc7)ccnc6[nH]5)c4c3)c2)C1. The van der Waals surface area contributed by atoms with Crippen LogP contribution in [0.5, 0.6) is 0 Å². The Balaban J connectivity index is 1.24. The first kappa shape index (κ1) is 22.3. The Hall–Kier alpha value is -3.95. The minimum absolute atomic E-state index is 0.0852. The van der Waals surface area contributed by atoms with E-state index in [0.29, 0.717) is 13.1 Å². The van der Waals surface area contributed by atoms with Gasteiger partial charge in [-0.25, -0.2) is 13.8 Å². The molecule has 0 spiro atoms. The van der Waals surface area contributed by atoms with E-state index in [1.165, 1.54) is 5.56 Å². The van der Waals surface area contributed by atoms with Crippen molar-refractivity contribution in [1.82, 2.24) is 30.0 Å². The second-order valence-electron chi connectivity index (χ2n) is 9.55. The van der Waals surface area contributed by atoms with Gasteiger partial charge in [-0.2, -0.15) is 16.4 Å². The fourth-order valence-corrected chi connectivity index (χ4v) is 5.81. The predicted octanol–water partition coefficient (Wildman–Crippen LogP) is 6.74. The number of alkyl halides is 2. The lowest BCUT2D eigenvalue weighted by Gasteiger charge is -2.15. The van der Waals surface area contributed by atoms with Crippen molar-refractivity contribution >= 4 is 33.3 Å². The van der Waals surface area contributed by atoms with Crippen molar-refractivity contribution in [1.29, 1.82) is 0 Å². The second-order valence-corrected chi connectivity index (χ2v) is 10.3. The molecule has 6 nitrogen and oxygen atoms in total. The Bertz CT molecular complexity index is 1740. The number of likely N-dealkylation sites (tertiary alicyclic amines) is 1. The van der Waals surface area contributed by atoms with Gasteiger partial charge in [-0.05, 0) is 69.4 Å². The highest BCUT2D eigenvalue weighted by atomic mass is 32.1. The van der Waals surface area contributed by atoms with E-state index >= 15 is 0 Å². The fraction of sp³-hybridized carbons (Fsp3) is 0.179. The number of aromatic amines is 2. The van der Waals surface area contributed by atoms with Crippen molar-refractivity contribution in [2.24, 2.45) is 0 Å². The van der Waals surface area contributed by atoms with Crippen LogP contribution >= 0.6 is 11.3 Å². The van der Waals surface area contributed by atoms with Gasteiger partial charge in [-0.15, -0.1) is 0 Å². The van der Waals surface area contributed by atoms with Gasteiger partial charge in [0, 0.05) is 54.4 Å². The lowest BCUT2D eigenvalue weighted by atomic mass is 10.0. The number of pyridine rings is 2. The summed E-state index contributed by atoms with van der Waals surface area (Å²) in [5.41, 5.74) is 8.59. The van der Waals surface area contributed by atoms with Gasteiger partial charge in [0.1, 0.15) is 11.3 Å². The van der Waals surface area contributed by atoms with E-state index in [9.17, 15) is 8.78 Å². The monoisotopic (exact) mass is 512 g/mol. The van der Waals surface area contributed by atoms with Crippen molar-refractivity contribution in [3.63, 3.8) is 0 Å². The maximum Gasteiger partial charge on any atom is 0.261 e. The van der Waals surface area contributed by atoms with Gasteiger partial charge in [0.15, 0.2) is 0 Å². The van der Waals surface area contributed by atoms with Crippen LogP contribution in [0, 0.1) is 0 Å². The molecule has 184 valence electrons. The first-order valence-electron chi connectivity index (χ1n) is 12.1. The normalized spacial score (nSPS) is 15.7. The van der Waals surface area contributed by atoms with Crippen LogP contribution in [0.4, 0.5) is 8.78 Å². The van der Waals surface area contributed by atoms with Gasteiger partial charge in [-0.1, -0.05) is 6.07 Å². The van der Waals surface area contributed by atoms with Crippen LogP contribution in [0.2, 0.25) is 0 Å². The van der Waals surface area contributed by atoms with E-state index < -0.39 is 5.92 Å². The highest BCUT2D eigenvalue weighted by molar-refractivity contribution is 7.08. The highest BCUT2D eigenvalue weighted by Gasteiger charge is 2.37. The Morgan fingerprint density at radius 3 is 2.78 bits per heavy atom. The summed E-state index contributed by atoms with van der Waals surface area (Å²) < 4.78 is 27.3. The van der Waals surface area contributed by atoms with Crippen molar-refractivity contribution in [2.75, 3.05) is 13.1 Å². The minimum Gasteiger partial charge on any atom is -0.338 e. The number of thiophene rings is 1. The molecule has 0 unspecified atom stereocenters. The molecule has 0 saturated carbocycles. The molecule has 0 atom stereocenters. The molecule has 0 amide bonds. The molecule has 6 aromatic rings. The summed E-state index contributed by atoms with van der Waals surface area (Å²) in [5.74, 6) is -2.60. The summed E-state index contributed by atoms with van der Waals surface area (Å²) >= 11 is 1.67. The van der Waals surface area contributed by atoms with E-state index in [1.54, 1.807) is 22.4 Å². The summed E-state index contributed by atoms with van der Waals surface area (Å²) in [5, 5.41) is 14.0. The van der Waals surface area contributed by atoms with Gasteiger partial charge >= 0.3 is 0 Å². The smallest absolute Gasteiger partial charge is 0.261 e. The number of nitrogens with zero attached hydrogens (tertiary/aromatic N) is 4. The molecule has 2 N–H and O–H groups in total. The average Bonchev–Trinajstić information content (AvgIpc) is 3.69. The molecule has 0 aliphatic carbocycles.